The van der Waals surface area contributed by atoms with E-state index >= 15 is 0 Å². The van der Waals surface area contributed by atoms with E-state index < -0.39 is 9.12 Å². The molecule has 3 nitrogen and oxygen atoms in total. The minimum atomic E-state index is -0.959. The highest BCUT2D eigenvalue weighted by atomic mass is 28.4. The lowest BCUT2D eigenvalue weighted by Gasteiger charge is -2.43. The Balaban J connectivity index is 2.68. The van der Waals surface area contributed by atoms with Crippen LogP contribution >= 0.6 is 0 Å². The SMILES string of the molecule is C=CN1[SiH2]N(C)[SiH2]N(C)[SiH]1C=C. The highest BCUT2D eigenvalue weighted by molar-refractivity contribution is 6.77. The molecule has 0 saturated carbocycles. The van der Waals surface area contributed by atoms with Crippen LogP contribution < -0.4 is 0 Å². The van der Waals surface area contributed by atoms with Gasteiger partial charge in [-0.05, 0) is 20.3 Å². The number of nitrogens with zero attached hydrogens (tertiary/aromatic N) is 3. The van der Waals surface area contributed by atoms with E-state index in [0.717, 1.165) is 0 Å². The van der Waals surface area contributed by atoms with Gasteiger partial charge < -0.3 is 12.7 Å². The van der Waals surface area contributed by atoms with Crippen molar-refractivity contribution in [1.82, 2.24) is 12.7 Å². The molecule has 6 heteroatoms. The molecule has 1 aliphatic heterocycles. The Bertz CT molecular complexity index is 187. The smallest absolute Gasteiger partial charge is 0.229 e. The first-order valence-electron chi connectivity index (χ1n) is 4.08. The van der Waals surface area contributed by atoms with E-state index in [1.54, 1.807) is 0 Å². The van der Waals surface area contributed by atoms with Crippen molar-refractivity contribution in [3.63, 3.8) is 0 Å². The Morgan fingerprint density at radius 2 is 1.92 bits per heavy atom. The van der Waals surface area contributed by atoms with Gasteiger partial charge in [0.05, 0.1) is 0 Å². The van der Waals surface area contributed by atoms with Crippen LogP contribution in [0.1, 0.15) is 0 Å². The average molecular weight is 215 g/mol. The van der Waals surface area contributed by atoms with Crippen molar-refractivity contribution < 1.29 is 0 Å². The maximum absolute atomic E-state index is 3.91. The Hall–Kier alpha value is -0.149. The molecule has 0 aliphatic carbocycles. The molecule has 0 radical (unpaired) electrons. The van der Waals surface area contributed by atoms with Crippen LogP contribution in [0.5, 0.6) is 0 Å². The fourth-order valence-electron chi connectivity index (χ4n) is 1.61. The van der Waals surface area contributed by atoms with Gasteiger partial charge in [-0.15, -0.1) is 6.58 Å². The third-order valence-corrected chi connectivity index (χ3v) is 10.7. The van der Waals surface area contributed by atoms with E-state index in [9.17, 15) is 0 Å². The average Bonchev–Trinajstić information content (AvgIpc) is 2.03. The summed E-state index contributed by atoms with van der Waals surface area (Å²) in [6.45, 7) is 7.78. The predicted octanol–water partition coefficient (Wildman–Crippen LogP) is -1.75. The third kappa shape index (κ3) is 1.96. The fraction of sp³-hybridized carbons (Fsp3) is 0.333. The molecule has 1 fully saturated rings. The zero-order valence-corrected chi connectivity index (χ0v) is 11.9. The molecule has 1 atom stereocenters. The van der Waals surface area contributed by atoms with Crippen molar-refractivity contribution in [3.8, 4) is 0 Å². The lowest BCUT2D eigenvalue weighted by Crippen LogP contribution is -2.63. The van der Waals surface area contributed by atoms with E-state index in [1.807, 2.05) is 6.20 Å². The molecule has 12 heavy (non-hydrogen) atoms. The van der Waals surface area contributed by atoms with Gasteiger partial charge in [-0.3, -0.25) is 0 Å². The largest absolute Gasteiger partial charge is 0.412 e. The molecular formula is C6H17N3Si3. The highest BCUT2D eigenvalue weighted by Crippen LogP contribution is 2.05. The highest BCUT2D eigenvalue weighted by Gasteiger charge is 2.26. The molecule has 1 heterocycles. The monoisotopic (exact) mass is 215 g/mol. The molecule has 0 N–H and O–H groups in total. The summed E-state index contributed by atoms with van der Waals surface area (Å²) in [5.41, 5.74) is 2.15. The molecule has 1 saturated heterocycles. The summed E-state index contributed by atoms with van der Waals surface area (Å²) >= 11 is 0. The minimum Gasteiger partial charge on any atom is -0.412 e. The van der Waals surface area contributed by atoms with Crippen LogP contribution in [0.4, 0.5) is 0 Å². The summed E-state index contributed by atoms with van der Waals surface area (Å²) in [5, 5.41) is 0. The van der Waals surface area contributed by atoms with Gasteiger partial charge in [0.2, 0.25) is 9.12 Å². The van der Waals surface area contributed by atoms with E-state index in [4.69, 9.17) is 0 Å². The molecule has 0 aromatic heterocycles. The number of hydrogen-bond donors (Lipinski definition) is 0. The normalized spacial score (nSPS) is 31.2. The standard InChI is InChI=1S/C6H17N3Si3/c1-5-9-11-7(3)10-8(4)12(9)6-2/h5-6,12H,1-2,10-11H2,3-4H3. The summed E-state index contributed by atoms with van der Waals surface area (Å²) < 4.78 is 7.53. The summed E-state index contributed by atoms with van der Waals surface area (Å²) in [7, 11) is 3.21. The molecule has 0 aromatic rings. The predicted molar refractivity (Wildman–Crippen MR) is 62.0 cm³/mol. The lowest BCUT2D eigenvalue weighted by atomic mass is 11.1. The first kappa shape index (κ1) is 9.94. The van der Waals surface area contributed by atoms with Crippen LogP contribution in [0.3, 0.4) is 0 Å². The van der Waals surface area contributed by atoms with Crippen molar-refractivity contribution in [2.24, 2.45) is 0 Å². The van der Waals surface area contributed by atoms with Crippen LogP contribution in [0.2, 0.25) is 0 Å². The van der Waals surface area contributed by atoms with Crippen molar-refractivity contribution in [2.45, 2.75) is 0 Å². The summed E-state index contributed by atoms with van der Waals surface area (Å²) in [6, 6.07) is 0. The van der Waals surface area contributed by atoms with Gasteiger partial charge in [0.15, 0.2) is 19.7 Å². The molecule has 0 spiro atoms. The summed E-state index contributed by atoms with van der Waals surface area (Å²) in [5.74, 6) is 0. The second-order valence-corrected chi connectivity index (χ2v) is 12.9. The first-order valence-corrected chi connectivity index (χ1v) is 8.31. The topological polar surface area (TPSA) is 9.72 Å². The van der Waals surface area contributed by atoms with Gasteiger partial charge in [-0.1, -0.05) is 12.3 Å². The van der Waals surface area contributed by atoms with Gasteiger partial charge in [0, 0.05) is 0 Å². The van der Waals surface area contributed by atoms with Crippen molar-refractivity contribution in [3.05, 3.63) is 25.1 Å². The van der Waals surface area contributed by atoms with Gasteiger partial charge in [-0.25, -0.2) is 0 Å². The quantitative estimate of drug-likeness (QED) is 0.506. The lowest BCUT2D eigenvalue weighted by molar-refractivity contribution is 0.608. The summed E-state index contributed by atoms with van der Waals surface area (Å²) in [4.78, 5) is 0. The van der Waals surface area contributed by atoms with Crippen LogP contribution in [0, 0.1) is 0 Å². The Morgan fingerprint density at radius 3 is 2.42 bits per heavy atom. The van der Waals surface area contributed by atoms with Crippen LogP contribution in [0.15, 0.2) is 25.1 Å². The third-order valence-electron chi connectivity index (χ3n) is 2.11. The van der Waals surface area contributed by atoms with E-state index in [0.29, 0.717) is 0 Å². The second kappa shape index (κ2) is 4.19. The maximum Gasteiger partial charge on any atom is 0.229 e. The first-order chi connectivity index (χ1) is 5.69. The van der Waals surface area contributed by atoms with Crippen LogP contribution in [-0.4, -0.2) is 55.6 Å². The zero-order valence-electron chi connectivity index (χ0n) is 7.90. The molecule has 1 rings (SSSR count). The molecule has 68 valence electrons. The van der Waals surface area contributed by atoms with Crippen molar-refractivity contribution in [2.75, 3.05) is 14.1 Å². The molecule has 1 unspecified atom stereocenters. The molecule has 0 amide bonds. The van der Waals surface area contributed by atoms with Crippen LogP contribution in [-0.2, 0) is 0 Å². The van der Waals surface area contributed by atoms with Gasteiger partial charge in [0.25, 0.3) is 0 Å². The van der Waals surface area contributed by atoms with E-state index in [1.165, 1.54) is 0 Å². The molecule has 0 aromatic carbocycles. The zero-order chi connectivity index (χ0) is 9.14. The van der Waals surface area contributed by atoms with Gasteiger partial charge in [-0.2, -0.15) is 0 Å². The van der Waals surface area contributed by atoms with Crippen LogP contribution in [0.25, 0.3) is 0 Å². The van der Waals surface area contributed by atoms with E-state index in [2.05, 4.69) is 45.6 Å². The molecule has 1 aliphatic rings. The number of hydrogen-bond acceptors (Lipinski definition) is 3. The molecular weight excluding hydrogens is 198 g/mol. The van der Waals surface area contributed by atoms with Crippen molar-refractivity contribution >= 4 is 28.8 Å². The second-order valence-electron chi connectivity index (χ2n) is 3.24. The fourth-order valence-corrected chi connectivity index (χ4v) is 13.8. The van der Waals surface area contributed by atoms with Crippen molar-refractivity contribution in [1.29, 1.82) is 0 Å². The Labute approximate surface area is 81.1 Å². The maximum atomic E-state index is 3.91. The van der Waals surface area contributed by atoms with Gasteiger partial charge in [0.1, 0.15) is 0 Å². The summed E-state index contributed by atoms with van der Waals surface area (Å²) in [6.07, 6.45) is 2.01. The van der Waals surface area contributed by atoms with Gasteiger partial charge >= 0.3 is 0 Å². The Morgan fingerprint density at radius 1 is 1.25 bits per heavy atom. The Kier molecular flexibility index (Phi) is 3.47. The minimum absolute atomic E-state index is 0.113. The van der Waals surface area contributed by atoms with E-state index in [-0.39, 0.29) is 19.7 Å². The molecule has 0 bridgehead atoms. The number of rotatable bonds is 2.